The SMILES string of the molecule is CC1C=C[N+]1([O-])c1ccc(C(C)(C)C)cc1. The van der Waals surface area contributed by atoms with Gasteiger partial charge >= 0.3 is 0 Å². The zero-order chi connectivity index (χ0) is 12.0. The average molecular weight is 217 g/mol. The normalized spacial score (nSPS) is 28.9. The Balaban J connectivity index is 2.31. The smallest absolute Gasteiger partial charge is 0.137 e. The molecule has 2 rings (SSSR count). The predicted octanol–water partition coefficient (Wildman–Crippen LogP) is 3.71. The van der Waals surface area contributed by atoms with Crippen molar-refractivity contribution >= 4 is 5.69 Å². The molecule has 1 aliphatic heterocycles. The van der Waals surface area contributed by atoms with E-state index >= 15 is 0 Å². The predicted molar refractivity (Wildman–Crippen MR) is 68.9 cm³/mol. The third-order valence-electron chi connectivity index (χ3n) is 3.33. The molecular formula is C14H19NO. The van der Waals surface area contributed by atoms with Crippen LogP contribution in [0.1, 0.15) is 33.3 Å². The zero-order valence-electron chi connectivity index (χ0n) is 10.4. The van der Waals surface area contributed by atoms with Crippen LogP contribution in [0.5, 0.6) is 0 Å². The van der Waals surface area contributed by atoms with Crippen molar-refractivity contribution in [1.29, 1.82) is 0 Å². The lowest BCUT2D eigenvalue weighted by Gasteiger charge is -2.48. The van der Waals surface area contributed by atoms with Gasteiger partial charge in [-0.3, -0.25) is 4.65 Å². The second kappa shape index (κ2) is 3.44. The molecule has 2 unspecified atom stereocenters. The second-order valence-electron chi connectivity index (χ2n) is 5.59. The van der Waals surface area contributed by atoms with Crippen molar-refractivity contribution in [2.45, 2.75) is 39.2 Å². The first-order valence-electron chi connectivity index (χ1n) is 5.74. The van der Waals surface area contributed by atoms with Crippen LogP contribution in [0.2, 0.25) is 0 Å². The average Bonchev–Trinajstić information content (AvgIpc) is 2.25. The maximum absolute atomic E-state index is 12.3. The number of hydrogen-bond acceptors (Lipinski definition) is 1. The van der Waals surface area contributed by atoms with Crippen LogP contribution in [0.15, 0.2) is 36.5 Å². The van der Waals surface area contributed by atoms with E-state index < -0.39 is 0 Å². The number of rotatable bonds is 1. The van der Waals surface area contributed by atoms with Gasteiger partial charge in [0.2, 0.25) is 0 Å². The molecule has 2 nitrogen and oxygen atoms in total. The molecule has 86 valence electrons. The summed E-state index contributed by atoms with van der Waals surface area (Å²) in [6, 6.07) is 8.07. The van der Waals surface area contributed by atoms with Gasteiger partial charge in [0.05, 0.1) is 0 Å². The fourth-order valence-corrected chi connectivity index (χ4v) is 1.93. The van der Waals surface area contributed by atoms with Crippen LogP contribution >= 0.6 is 0 Å². The zero-order valence-corrected chi connectivity index (χ0v) is 10.4. The summed E-state index contributed by atoms with van der Waals surface area (Å²) in [7, 11) is 0. The molecule has 1 aromatic rings. The summed E-state index contributed by atoms with van der Waals surface area (Å²) in [5, 5.41) is 12.3. The van der Waals surface area contributed by atoms with Crippen molar-refractivity contribution in [3.05, 3.63) is 47.3 Å². The third-order valence-corrected chi connectivity index (χ3v) is 3.33. The van der Waals surface area contributed by atoms with Crippen LogP contribution in [-0.2, 0) is 5.41 Å². The van der Waals surface area contributed by atoms with E-state index in [4.69, 9.17) is 0 Å². The molecule has 0 saturated carbocycles. The van der Waals surface area contributed by atoms with Crippen LogP contribution < -0.4 is 4.65 Å². The second-order valence-corrected chi connectivity index (χ2v) is 5.59. The lowest BCUT2D eigenvalue weighted by Crippen LogP contribution is -2.50. The molecule has 0 radical (unpaired) electrons. The lowest BCUT2D eigenvalue weighted by molar-refractivity contribution is 0.391. The third kappa shape index (κ3) is 1.68. The van der Waals surface area contributed by atoms with E-state index in [0.717, 1.165) is 5.69 Å². The van der Waals surface area contributed by atoms with Gasteiger partial charge in [0.15, 0.2) is 0 Å². The molecule has 0 fully saturated rings. The molecule has 0 N–H and O–H groups in total. The van der Waals surface area contributed by atoms with Crippen LogP contribution in [0.4, 0.5) is 5.69 Å². The lowest BCUT2D eigenvalue weighted by atomic mass is 9.87. The summed E-state index contributed by atoms with van der Waals surface area (Å²) in [5.74, 6) is 0. The molecule has 1 aromatic carbocycles. The summed E-state index contributed by atoms with van der Waals surface area (Å²) in [6.45, 7) is 8.48. The number of benzene rings is 1. The standard InChI is InChI=1S/C14H19NO/c1-11-9-10-15(11,16)13-7-5-12(6-8-13)14(2,3)4/h5-11H,1-4H3. The Hall–Kier alpha value is -1.12. The van der Waals surface area contributed by atoms with E-state index in [1.165, 1.54) is 5.56 Å². The molecule has 2 heteroatoms. The van der Waals surface area contributed by atoms with Gasteiger partial charge < -0.3 is 5.21 Å². The van der Waals surface area contributed by atoms with Crippen molar-refractivity contribution in [1.82, 2.24) is 4.65 Å². The van der Waals surface area contributed by atoms with Gasteiger partial charge in [-0.1, -0.05) is 32.9 Å². The summed E-state index contributed by atoms with van der Waals surface area (Å²) < 4.78 is -0.315. The first-order valence-corrected chi connectivity index (χ1v) is 5.74. The van der Waals surface area contributed by atoms with Crippen molar-refractivity contribution in [2.75, 3.05) is 0 Å². The van der Waals surface area contributed by atoms with Gasteiger partial charge in [0.1, 0.15) is 17.9 Å². The quantitative estimate of drug-likeness (QED) is 0.519. The monoisotopic (exact) mass is 217 g/mol. The molecule has 16 heavy (non-hydrogen) atoms. The number of quaternary nitrogens is 1. The first-order chi connectivity index (χ1) is 7.34. The summed E-state index contributed by atoms with van der Waals surface area (Å²) >= 11 is 0. The Morgan fingerprint density at radius 2 is 1.69 bits per heavy atom. The molecule has 0 aliphatic carbocycles. The first kappa shape index (κ1) is 11.4. The van der Waals surface area contributed by atoms with Gasteiger partial charge in [0, 0.05) is 18.2 Å². The molecule has 1 aliphatic rings. The largest absolute Gasteiger partial charge is 0.622 e. The highest BCUT2D eigenvalue weighted by Crippen LogP contribution is 2.34. The fourth-order valence-electron chi connectivity index (χ4n) is 1.93. The molecule has 0 bridgehead atoms. The van der Waals surface area contributed by atoms with Crippen LogP contribution in [-0.4, -0.2) is 6.04 Å². The maximum Gasteiger partial charge on any atom is 0.137 e. The summed E-state index contributed by atoms with van der Waals surface area (Å²) in [4.78, 5) is 0. The van der Waals surface area contributed by atoms with Crippen molar-refractivity contribution in [3.63, 3.8) is 0 Å². The van der Waals surface area contributed by atoms with E-state index in [0.29, 0.717) is 0 Å². The number of nitrogens with zero attached hydrogens (tertiary/aromatic N) is 1. The molecule has 2 atom stereocenters. The van der Waals surface area contributed by atoms with Gasteiger partial charge in [-0.2, -0.15) is 0 Å². The topological polar surface area (TPSA) is 23.1 Å². The maximum atomic E-state index is 12.3. The Morgan fingerprint density at radius 1 is 1.12 bits per heavy atom. The Bertz CT molecular complexity index is 413. The van der Waals surface area contributed by atoms with Gasteiger partial charge in [-0.05, 0) is 17.9 Å². The highest BCUT2D eigenvalue weighted by Gasteiger charge is 2.31. The molecule has 0 amide bonds. The minimum Gasteiger partial charge on any atom is -0.622 e. The Kier molecular flexibility index (Phi) is 2.44. The van der Waals surface area contributed by atoms with Crippen LogP contribution in [0.25, 0.3) is 0 Å². The minimum absolute atomic E-state index is 0.0421. The minimum atomic E-state index is -0.315. The highest BCUT2D eigenvalue weighted by molar-refractivity contribution is 5.52. The Labute approximate surface area is 97.4 Å². The van der Waals surface area contributed by atoms with E-state index in [1.807, 2.05) is 25.1 Å². The number of hydroxylamine groups is 2. The summed E-state index contributed by atoms with van der Waals surface area (Å²) in [6.07, 6.45) is 3.65. The fraction of sp³-hybridized carbons (Fsp3) is 0.429. The van der Waals surface area contributed by atoms with Crippen LogP contribution in [0.3, 0.4) is 0 Å². The van der Waals surface area contributed by atoms with Gasteiger partial charge in [-0.25, -0.2) is 0 Å². The molecule has 0 aromatic heterocycles. The van der Waals surface area contributed by atoms with Crippen molar-refractivity contribution in [2.24, 2.45) is 0 Å². The highest BCUT2D eigenvalue weighted by atomic mass is 16.6. The molecule has 0 saturated heterocycles. The summed E-state index contributed by atoms with van der Waals surface area (Å²) in [5.41, 5.74) is 2.23. The molecule has 0 spiro atoms. The molecular weight excluding hydrogens is 198 g/mol. The van der Waals surface area contributed by atoms with E-state index in [1.54, 1.807) is 6.20 Å². The van der Waals surface area contributed by atoms with Gasteiger partial charge in [0.25, 0.3) is 0 Å². The van der Waals surface area contributed by atoms with Crippen LogP contribution in [0, 0.1) is 5.21 Å². The van der Waals surface area contributed by atoms with Gasteiger partial charge in [-0.15, -0.1) is 0 Å². The van der Waals surface area contributed by atoms with E-state index in [-0.39, 0.29) is 16.1 Å². The van der Waals surface area contributed by atoms with Crippen molar-refractivity contribution in [3.8, 4) is 0 Å². The molecule has 1 heterocycles. The number of hydrogen-bond donors (Lipinski definition) is 0. The van der Waals surface area contributed by atoms with E-state index in [9.17, 15) is 5.21 Å². The van der Waals surface area contributed by atoms with Crippen molar-refractivity contribution < 1.29 is 0 Å². The Morgan fingerprint density at radius 3 is 2.00 bits per heavy atom. The van der Waals surface area contributed by atoms with E-state index in [2.05, 4.69) is 32.9 Å².